The molecule has 0 aromatic heterocycles. The minimum absolute atomic E-state index is 0. The van der Waals surface area contributed by atoms with E-state index in [1.54, 1.807) is 0 Å². The maximum Gasteiger partial charge on any atom is 0.221 e. The first-order chi connectivity index (χ1) is 7.11. The first kappa shape index (κ1) is 15.7. The molecule has 1 amide bonds. The Kier molecular flexibility index (Phi) is 7.77. The van der Waals surface area contributed by atoms with E-state index in [2.05, 4.69) is 24.5 Å². The van der Waals surface area contributed by atoms with Crippen molar-refractivity contribution in [2.75, 3.05) is 13.6 Å². The van der Waals surface area contributed by atoms with Gasteiger partial charge in [0.15, 0.2) is 0 Å². The summed E-state index contributed by atoms with van der Waals surface area (Å²) in [6.07, 6.45) is 4.20. The molecule has 0 aliphatic heterocycles. The highest BCUT2D eigenvalue weighted by molar-refractivity contribution is 5.85. The van der Waals surface area contributed by atoms with Gasteiger partial charge in [-0.2, -0.15) is 0 Å². The van der Waals surface area contributed by atoms with E-state index in [4.69, 9.17) is 0 Å². The predicted octanol–water partition coefficient (Wildman–Crippen LogP) is 1.96. The normalized spacial score (nSPS) is 29.3. The second-order valence-electron chi connectivity index (χ2n) is 5.04. The lowest BCUT2D eigenvalue weighted by Crippen LogP contribution is -2.40. The van der Waals surface area contributed by atoms with Crippen molar-refractivity contribution >= 4 is 18.3 Å². The summed E-state index contributed by atoms with van der Waals surface area (Å²) in [6.45, 7) is 5.33. The van der Waals surface area contributed by atoms with Crippen LogP contribution < -0.4 is 10.6 Å². The third-order valence-corrected chi connectivity index (χ3v) is 3.15. The molecule has 0 spiro atoms. The average Bonchev–Trinajstić information content (AvgIpc) is 2.13. The molecule has 0 bridgehead atoms. The van der Waals surface area contributed by atoms with Crippen LogP contribution >= 0.6 is 12.4 Å². The molecule has 0 saturated heterocycles. The third kappa shape index (κ3) is 5.71. The van der Waals surface area contributed by atoms with E-state index < -0.39 is 0 Å². The van der Waals surface area contributed by atoms with Gasteiger partial charge >= 0.3 is 0 Å². The first-order valence-electron chi connectivity index (χ1n) is 6.05. The Bertz CT molecular complexity index is 201. The molecule has 0 radical (unpaired) electrons. The zero-order valence-electron chi connectivity index (χ0n) is 10.6. The molecule has 1 aliphatic rings. The van der Waals surface area contributed by atoms with Gasteiger partial charge in [-0.1, -0.05) is 13.8 Å². The van der Waals surface area contributed by atoms with Gasteiger partial charge in [0.1, 0.15) is 0 Å². The van der Waals surface area contributed by atoms with Crippen molar-refractivity contribution in [2.45, 2.75) is 45.6 Å². The summed E-state index contributed by atoms with van der Waals surface area (Å²) in [4.78, 5) is 11.5. The Balaban J connectivity index is 0.00000225. The van der Waals surface area contributed by atoms with E-state index in [9.17, 15) is 4.79 Å². The Labute approximate surface area is 105 Å². The molecule has 0 aromatic carbocycles. The molecule has 16 heavy (non-hydrogen) atoms. The van der Waals surface area contributed by atoms with Crippen LogP contribution in [0.4, 0.5) is 0 Å². The Hall–Kier alpha value is -0.280. The summed E-state index contributed by atoms with van der Waals surface area (Å²) in [6, 6.07) is 0.410. The fourth-order valence-electron chi connectivity index (χ4n) is 2.60. The highest BCUT2D eigenvalue weighted by Crippen LogP contribution is 2.28. The topological polar surface area (TPSA) is 41.1 Å². The van der Waals surface area contributed by atoms with Crippen LogP contribution in [0.5, 0.6) is 0 Å². The van der Waals surface area contributed by atoms with Crippen LogP contribution in [0.2, 0.25) is 0 Å². The molecular formula is C12H25ClN2O. The average molecular weight is 249 g/mol. The monoisotopic (exact) mass is 248 g/mol. The Morgan fingerprint density at radius 1 is 1.19 bits per heavy atom. The molecule has 1 rings (SSSR count). The number of hydrogen-bond donors (Lipinski definition) is 2. The van der Waals surface area contributed by atoms with Gasteiger partial charge in [-0.05, 0) is 38.1 Å². The fourth-order valence-corrected chi connectivity index (χ4v) is 2.60. The number of carbonyl (C=O) groups is 1. The van der Waals surface area contributed by atoms with Crippen molar-refractivity contribution in [3.8, 4) is 0 Å². The van der Waals surface area contributed by atoms with Crippen molar-refractivity contribution in [2.24, 2.45) is 11.8 Å². The van der Waals surface area contributed by atoms with Gasteiger partial charge in [-0.3, -0.25) is 4.79 Å². The third-order valence-electron chi connectivity index (χ3n) is 3.15. The van der Waals surface area contributed by atoms with Crippen LogP contribution in [0.1, 0.15) is 39.5 Å². The molecule has 2 atom stereocenters. The van der Waals surface area contributed by atoms with E-state index >= 15 is 0 Å². The summed E-state index contributed by atoms with van der Waals surface area (Å²) >= 11 is 0. The molecule has 0 aromatic rings. The number of amides is 1. The molecule has 4 heteroatoms. The van der Waals surface area contributed by atoms with Crippen molar-refractivity contribution in [3.63, 3.8) is 0 Å². The van der Waals surface area contributed by atoms with E-state index in [1.165, 1.54) is 6.42 Å². The molecule has 0 heterocycles. The van der Waals surface area contributed by atoms with Crippen LogP contribution in [-0.4, -0.2) is 25.5 Å². The smallest absolute Gasteiger partial charge is 0.221 e. The van der Waals surface area contributed by atoms with E-state index in [0.29, 0.717) is 12.5 Å². The van der Waals surface area contributed by atoms with Gasteiger partial charge in [-0.25, -0.2) is 0 Å². The minimum Gasteiger partial charge on any atom is -0.353 e. The largest absolute Gasteiger partial charge is 0.353 e. The summed E-state index contributed by atoms with van der Waals surface area (Å²) < 4.78 is 0. The predicted molar refractivity (Wildman–Crippen MR) is 69.9 cm³/mol. The van der Waals surface area contributed by atoms with Crippen LogP contribution in [-0.2, 0) is 4.79 Å². The quantitative estimate of drug-likeness (QED) is 0.799. The fraction of sp³-hybridized carbons (Fsp3) is 0.917. The second-order valence-corrected chi connectivity index (χ2v) is 5.04. The van der Waals surface area contributed by atoms with Gasteiger partial charge in [0.05, 0.1) is 0 Å². The van der Waals surface area contributed by atoms with Crippen molar-refractivity contribution in [1.82, 2.24) is 10.6 Å². The zero-order chi connectivity index (χ0) is 11.3. The number of rotatable bonds is 4. The Morgan fingerprint density at radius 3 is 2.25 bits per heavy atom. The van der Waals surface area contributed by atoms with E-state index in [0.717, 1.165) is 31.2 Å². The van der Waals surface area contributed by atoms with Gasteiger partial charge in [0.2, 0.25) is 5.91 Å². The second kappa shape index (κ2) is 7.91. The SMILES string of the molecule is CNCCC(=O)NC1CC(C)CC(C)C1.Cl. The highest BCUT2D eigenvalue weighted by atomic mass is 35.5. The van der Waals surface area contributed by atoms with Gasteiger partial charge in [-0.15, -0.1) is 12.4 Å². The maximum atomic E-state index is 11.5. The molecule has 1 aliphatic carbocycles. The molecule has 3 nitrogen and oxygen atoms in total. The summed E-state index contributed by atoms with van der Waals surface area (Å²) in [5, 5.41) is 6.13. The lowest BCUT2D eigenvalue weighted by Gasteiger charge is -2.31. The molecule has 2 N–H and O–H groups in total. The van der Waals surface area contributed by atoms with Gasteiger partial charge in [0.25, 0.3) is 0 Å². The maximum absolute atomic E-state index is 11.5. The van der Waals surface area contributed by atoms with Crippen molar-refractivity contribution < 1.29 is 4.79 Å². The van der Waals surface area contributed by atoms with Crippen molar-refractivity contribution in [3.05, 3.63) is 0 Å². The molecular weight excluding hydrogens is 224 g/mol. The molecule has 1 fully saturated rings. The van der Waals surface area contributed by atoms with E-state index in [-0.39, 0.29) is 18.3 Å². The number of carbonyl (C=O) groups excluding carboxylic acids is 1. The van der Waals surface area contributed by atoms with Gasteiger partial charge in [0, 0.05) is 19.0 Å². The minimum atomic E-state index is 0. The number of nitrogens with one attached hydrogen (secondary N) is 2. The van der Waals surface area contributed by atoms with E-state index in [1.807, 2.05) is 7.05 Å². The molecule has 1 saturated carbocycles. The summed E-state index contributed by atoms with van der Waals surface area (Å²) in [5.41, 5.74) is 0. The van der Waals surface area contributed by atoms with Crippen LogP contribution in [0.25, 0.3) is 0 Å². The number of halogens is 1. The van der Waals surface area contributed by atoms with Crippen LogP contribution in [0.3, 0.4) is 0 Å². The lowest BCUT2D eigenvalue weighted by atomic mass is 9.80. The standard InChI is InChI=1S/C12H24N2O.ClH/c1-9-6-10(2)8-11(7-9)14-12(15)4-5-13-3;/h9-11,13H,4-8H2,1-3H3,(H,14,15);1H. The van der Waals surface area contributed by atoms with Gasteiger partial charge < -0.3 is 10.6 Å². The molecule has 96 valence electrons. The summed E-state index contributed by atoms with van der Waals surface area (Å²) in [5.74, 6) is 1.70. The highest BCUT2D eigenvalue weighted by Gasteiger charge is 2.24. The first-order valence-corrected chi connectivity index (χ1v) is 6.05. The Morgan fingerprint density at radius 2 is 1.75 bits per heavy atom. The van der Waals surface area contributed by atoms with Crippen LogP contribution in [0.15, 0.2) is 0 Å². The lowest BCUT2D eigenvalue weighted by molar-refractivity contribution is -0.122. The van der Waals surface area contributed by atoms with Crippen molar-refractivity contribution in [1.29, 1.82) is 0 Å². The van der Waals surface area contributed by atoms with Crippen LogP contribution in [0, 0.1) is 11.8 Å². The summed E-state index contributed by atoms with van der Waals surface area (Å²) in [7, 11) is 1.87. The molecule has 2 unspecified atom stereocenters. The zero-order valence-corrected chi connectivity index (χ0v) is 11.4. The number of hydrogen-bond acceptors (Lipinski definition) is 2.